The van der Waals surface area contributed by atoms with Gasteiger partial charge in [-0.05, 0) is 48.4 Å². The highest BCUT2D eigenvalue weighted by atomic mass is 19.4. The summed E-state index contributed by atoms with van der Waals surface area (Å²) in [7, 11) is 0. The van der Waals surface area contributed by atoms with Gasteiger partial charge in [0.1, 0.15) is 11.8 Å². The normalized spacial score (nSPS) is 14.6. The van der Waals surface area contributed by atoms with Crippen LogP contribution in [0.4, 0.5) is 18.9 Å². The molecular weight excluding hydrogens is 385 g/mol. The van der Waals surface area contributed by atoms with Crippen LogP contribution in [0.2, 0.25) is 0 Å². The Balaban J connectivity index is 1.53. The minimum atomic E-state index is -4.76. The van der Waals surface area contributed by atoms with E-state index in [9.17, 15) is 23.2 Å². The second-order valence-corrected chi connectivity index (χ2v) is 6.35. The summed E-state index contributed by atoms with van der Waals surface area (Å²) in [6, 6.07) is 10.5. The van der Waals surface area contributed by atoms with Gasteiger partial charge in [-0.3, -0.25) is 14.7 Å². The molecule has 1 amide bonds. The summed E-state index contributed by atoms with van der Waals surface area (Å²) >= 11 is 0. The summed E-state index contributed by atoms with van der Waals surface area (Å²) in [6.45, 7) is 1.29. The van der Waals surface area contributed by atoms with E-state index in [0.717, 1.165) is 17.7 Å². The minimum absolute atomic E-state index is 0.137. The van der Waals surface area contributed by atoms with Gasteiger partial charge in [0.25, 0.3) is 0 Å². The number of nitrogens with zero attached hydrogens (tertiary/aromatic N) is 3. The van der Waals surface area contributed by atoms with Gasteiger partial charge in [-0.2, -0.15) is 5.26 Å². The fraction of sp³-hybridized carbons (Fsp3) is 0.250. The minimum Gasteiger partial charge on any atom is -0.406 e. The Morgan fingerprint density at radius 3 is 2.66 bits per heavy atom. The van der Waals surface area contributed by atoms with Crippen molar-refractivity contribution in [1.29, 1.82) is 5.26 Å². The number of halogens is 3. The molecule has 29 heavy (non-hydrogen) atoms. The topological polar surface area (TPSA) is 78.2 Å². The number of anilines is 1. The first-order valence-corrected chi connectivity index (χ1v) is 8.76. The number of ether oxygens (including phenoxy) is 1. The van der Waals surface area contributed by atoms with E-state index in [-0.39, 0.29) is 18.2 Å². The third kappa shape index (κ3) is 5.80. The van der Waals surface area contributed by atoms with Crippen LogP contribution in [0.3, 0.4) is 0 Å². The van der Waals surface area contributed by atoms with Gasteiger partial charge in [0.2, 0.25) is 5.91 Å². The predicted octanol–water partition coefficient (Wildman–Crippen LogP) is 3.58. The highest BCUT2D eigenvalue weighted by molar-refractivity contribution is 5.92. The van der Waals surface area contributed by atoms with E-state index in [4.69, 9.17) is 0 Å². The molecule has 0 atom stereocenters. The van der Waals surface area contributed by atoms with E-state index in [2.05, 4.69) is 21.1 Å². The van der Waals surface area contributed by atoms with E-state index < -0.39 is 6.36 Å². The lowest BCUT2D eigenvalue weighted by Crippen LogP contribution is -2.36. The number of pyridine rings is 1. The molecule has 0 spiro atoms. The molecule has 0 fully saturated rings. The zero-order valence-electron chi connectivity index (χ0n) is 15.2. The zero-order valence-corrected chi connectivity index (χ0v) is 15.2. The Morgan fingerprint density at radius 1 is 1.28 bits per heavy atom. The predicted molar refractivity (Wildman–Crippen MR) is 99.7 cm³/mol. The first-order chi connectivity index (χ1) is 13.8. The molecule has 0 saturated heterocycles. The molecule has 1 aromatic carbocycles. The molecule has 0 unspecified atom stereocenters. The molecule has 0 aliphatic carbocycles. The molecule has 1 aliphatic heterocycles. The molecule has 2 aromatic rings. The number of hydrogen-bond acceptors (Lipinski definition) is 5. The van der Waals surface area contributed by atoms with Crippen LogP contribution < -0.4 is 10.1 Å². The average molecular weight is 402 g/mol. The summed E-state index contributed by atoms with van der Waals surface area (Å²) in [4.78, 5) is 18.4. The van der Waals surface area contributed by atoms with Crippen LogP contribution >= 0.6 is 0 Å². The molecular formula is C20H17F3N4O2. The number of hydrogen-bond donors (Lipinski definition) is 1. The van der Waals surface area contributed by atoms with Gasteiger partial charge in [-0.1, -0.05) is 6.08 Å². The van der Waals surface area contributed by atoms with Crippen LogP contribution in [-0.4, -0.2) is 41.8 Å². The third-order valence-corrected chi connectivity index (χ3v) is 4.26. The Hall–Kier alpha value is -3.38. The van der Waals surface area contributed by atoms with Crippen molar-refractivity contribution in [1.82, 2.24) is 9.88 Å². The largest absolute Gasteiger partial charge is 0.573 e. The van der Waals surface area contributed by atoms with E-state index in [1.807, 2.05) is 11.0 Å². The number of carbonyl (C=O) groups is 1. The highest BCUT2D eigenvalue weighted by Crippen LogP contribution is 2.25. The number of nitriles is 1. The Bertz CT molecular complexity index is 949. The van der Waals surface area contributed by atoms with Gasteiger partial charge in [-0.15, -0.1) is 13.2 Å². The van der Waals surface area contributed by atoms with Crippen molar-refractivity contribution in [3.8, 4) is 11.8 Å². The number of aromatic nitrogens is 1. The summed E-state index contributed by atoms with van der Waals surface area (Å²) < 4.78 is 40.3. The van der Waals surface area contributed by atoms with E-state index >= 15 is 0 Å². The molecule has 3 rings (SSSR count). The quantitative estimate of drug-likeness (QED) is 0.827. The molecule has 1 N–H and O–H groups in total. The SMILES string of the molecule is N#Cc1cccnc1C1=CCN(CC(=O)Nc2ccc(OC(F)(F)F)cc2)CC1. The van der Waals surface area contributed by atoms with Crippen LogP contribution in [-0.2, 0) is 4.79 Å². The molecule has 9 heteroatoms. The van der Waals surface area contributed by atoms with Gasteiger partial charge in [-0.25, -0.2) is 0 Å². The summed E-state index contributed by atoms with van der Waals surface area (Å²) in [5, 5.41) is 11.8. The van der Waals surface area contributed by atoms with Crippen molar-refractivity contribution in [2.24, 2.45) is 0 Å². The lowest BCUT2D eigenvalue weighted by atomic mass is 10.0. The lowest BCUT2D eigenvalue weighted by molar-refractivity contribution is -0.274. The summed E-state index contributed by atoms with van der Waals surface area (Å²) in [5.41, 5.74) is 2.53. The van der Waals surface area contributed by atoms with Crippen molar-refractivity contribution in [3.05, 3.63) is 59.9 Å². The van der Waals surface area contributed by atoms with Crippen molar-refractivity contribution in [3.63, 3.8) is 0 Å². The van der Waals surface area contributed by atoms with Crippen LogP contribution in [0.25, 0.3) is 5.57 Å². The second-order valence-electron chi connectivity index (χ2n) is 6.35. The number of carbonyl (C=O) groups excluding carboxylic acids is 1. The third-order valence-electron chi connectivity index (χ3n) is 4.26. The first kappa shape index (κ1) is 20.4. The van der Waals surface area contributed by atoms with Crippen molar-refractivity contribution in [2.75, 3.05) is 25.0 Å². The van der Waals surface area contributed by atoms with Crippen LogP contribution in [0.5, 0.6) is 5.75 Å². The second kappa shape index (κ2) is 8.75. The summed E-state index contributed by atoms with van der Waals surface area (Å²) in [5.74, 6) is -0.627. The molecule has 6 nitrogen and oxygen atoms in total. The number of rotatable bonds is 5. The fourth-order valence-corrected chi connectivity index (χ4v) is 2.96. The van der Waals surface area contributed by atoms with Crippen molar-refractivity contribution >= 4 is 17.2 Å². The maximum absolute atomic E-state index is 12.2. The fourth-order valence-electron chi connectivity index (χ4n) is 2.96. The van der Waals surface area contributed by atoms with Gasteiger partial charge >= 0.3 is 6.36 Å². The number of benzene rings is 1. The van der Waals surface area contributed by atoms with Crippen LogP contribution in [0.15, 0.2) is 48.7 Å². The standard InChI is InChI=1S/C20H17F3N4O2/c21-20(22,23)29-17-5-3-16(4-6-17)26-18(28)13-27-10-7-14(8-11-27)19-15(12-24)2-1-9-25-19/h1-7,9H,8,10-11,13H2,(H,26,28). The maximum atomic E-state index is 12.2. The monoisotopic (exact) mass is 402 g/mol. The Labute approximate surface area is 165 Å². The molecule has 1 aromatic heterocycles. The number of nitrogens with one attached hydrogen (secondary N) is 1. The Kier molecular flexibility index (Phi) is 6.14. The molecule has 150 valence electrons. The molecule has 0 radical (unpaired) electrons. The smallest absolute Gasteiger partial charge is 0.406 e. The van der Waals surface area contributed by atoms with E-state index in [0.29, 0.717) is 36.5 Å². The molecule has 0 saturated carbocycles. The lowest BCUT2D eigenvalue weighted by Gasteiger charge is -2.25. The highest BCUT2D eigenvalue weighted by Gasteiger charge is 2.31. The zero-order chi connectivity index (χ0) is 20.9. The van der Waals surface area contributed by atoms with Crippen molar-refractivity contribution < 1.29 is 22.7 Å². The maximum Gasteiger partial charge on any atom is 0.573 e. The van der Waals surface area contributed by atoms with Gasteiger partial charge in [0, 0.05) is 25.0 Å². The number of alkyl halides is 3. The molecule has 1 aliphatic rings. The van der Waals surface area contributed by atoms with Gasteiger partial charge in [0.05, 0.1) is 17.8 Å². The molecule has 0 bridgehead atoms. The van der Waals surface area contributed by atoms with Gasteiger partial charge < -0.3 is 10.1 Å². The van der Waals surface area contributed by atoms with Crippen LogP contribution in [0.1, 0.15) is 17.7 Å². The first-order valence-electron chi connectivity index (χ1n) is 8.76. The average Bonchev–Trinajstić information content (AvgIpc) is 2.69. The van der Waals surface area contributed by atoms with Crippen molar-refractivity contribution in [2.45, 2.75) is 12.8 Å². The number of amides is 1. The summed E-state index contributed by atoms with van der Waals surface area (Å²) in [6.07, 6.45) is -0.512. The van der Waals surface area contributed by atoms with Gasteiger partial charge in [0.15, 0.2) is 0 Å². The Morgan fingerprint density at radius 2 is 2.03 bits per heavy atom. The van der Waals surface area contributed by atoms with Crippen LogP contribution in [0, 0.1) is 11.3 Å². The van der Waals surface area contributed by atoms with E-state index in [1.54, 1.807) is 18.3 Å². The molecule has 2 heterocycles. The van der Waals surface area contributed by atoms with E-state index in [1.165, 1.54) is 12.1 Å².